The summed E-state index contributed by atoms with van der Waals surface area (Å²) in [6, 6.07) is 0. The Balaban J connectivity index is 4.78. The lowest BCUT2D eigenvalue weighted by Crippen LogP contribution is -2.06. The van der Waals surface area contributed by atoms with Gasteiger partial charge in [0.15, 0.2) is 0 Å². The first-order chi connectivity index (χ1) is 6.33. The van der Waals surface area contributed by atoms with E-state index >= 15 is 0 Å². The van der Waals surface area contributed by atoms with Gasteiger partial charge in [0, 0.05) is 27.0 Å². The molecular formula is C7H18O5P2. The molecule has 0 bridgehead atoms. The van der Waals surface area contributed by atoms with Gasteiger partial charge in [0.25, 0.3) is 0 Å². The molecule has 0 fully saturated rings. The molecule has 0 aliphatic heterocycles. The summed E-state index contributed by atoms with van der Waals surface area (Å²) in [5, 5.41) is 0. The molecular weight excluding hydrogens is 226 g/mol. The normalized spacial score (nSPS) is 17.0. The minimum atomic E-state index is -3.26. The molecule has 0 aromatic heterocycles. The summed E-state index contributed by atoms with van der Waals surface area (Å²) in [4.78, 5) is 0. The zero-order valence-electron chi connectivity index (χ0n) is 9.22. The van der Waals surface area contributed by atoms with Crippen molar-refractivity contribution in [3.63, 3.8) is 0 Å². The lowest BCUT2D eigenvalue weighted by atomic mass is 10.6. The third-order valence-corrected chi connectivity index (χ3v) is 8.29. The maximum atomic E-state index is 12.1. The molecule has 0 saturated carbocycles. The SMILES string of the molecule is COP(=O)(CP(=O)(OC)C(C)C)OC. The van der Waals surface area contributed by atoms with Crippen molar-refractivity contribution >= 4 is 15.0 Å². The van der Waals surface area contributed by atoms with E-state index in [2.05, 4.69) is 0 Å². The van der Waals surface area contributed by atoms with Crippen molar-refractivity contribution < 1.29 is 22.7 Å². The molecule has 0 radical (unpaired) electrons. The van der Waals surface area contributed by atoms with E-state index in [0.717, 1.165) is 0 Å². The van der Waals surface area contributed by atoms with Crippen LogP contribution >= 0.6 is 15.0 Å². The van der Waals surface area contributed by atoms with E-state index in [-0.39, 0.29) is 11.6 Å². The third kappa shape index (κ3) is 3.48. The molecule has 0 aromatic rings. The van der Waals surface area contributed by atoms with Gasteiger partial charge in [0.2, 0.25) is 7.37 Å². The van der Waals surface area contributed by atoms with Crippen LogP contribution in [-0.4, -0.2) is 32.9 Å². The Kier molecular flexibility index (Phi) is 5.56. The van der Waals surface area contributed by atoms with E-state index in [1.165, 1.54) is 21.3 Å². The molecule has 0 saturated heterocycles. The van der Waals surface area contributed by atoms with Crippen LogP contribution < -0.4 is 0 Å². The van der Waals surface area contributed by atoms with Gasteiger partial charge >= 0.3 is 7.60 Å². The second-order valence-electron chi connectivity index (χ2n) is 3.12. The molecule has 7 heteroatoms. The van der Waals surface area contributed by atoms with E-state index in [1.807, 2.05) is 0 Å². The fourth-order valence-corrected chi connectivity index (χ4v) is 6.06. The van der Waals surface area contributed by atoms with Crippen molar-refractivity contribution in [1.82, 2.24) is 0 Å². The molecule has 14 heavy (non-hydrogen) atoms. The van der Waals surface area contributed by atoms with Crippen LogP contribution in [0.25, 0.3) is 0 Å². The van der Waals surface area contributed by atoms with Gasteiger partial charge in [-0.15, -0.1) is 0 Å². The zero-order chi connectivity index (χ0) is 11.4. The fourth-order valence-electron chi connectivity index (χ4n) is 0.863. The highest BCUT2D eigenvalue weighted by molar-refractivity contribution is 7.74. The monoisotopic (exact) mass is 244 g/mol. The molecule has 1 unspecified atom stereocenters. The predicted molar refractivity (Wildman–Crippen MR) is 56.2 cm³/mol. The average molecular weight is 244 g/mol. The summed E-state index contributed by atoms with van der Waals surface area (Å²) >= 11 is 0. The number of hydrogen-bond acceptors (Lipinski definition) is 5. The van der Waals surface area contributed by atoms with Gasteiger partial charge in [-0.1, -0.05) is 13.8 Å². The van der Waals surface area contributed by atoms with Crippen molar-refractivity contribution in [3.05, 3.63) is 0 Å². The van der Waals surface area contributed by atoms with Gasteiger partial charge in [0.1, 0.15) is 5.90 Å². The molecule has 1 atom stereocenters. The van der Waals surface area contributed by atoms with Crippen LogP contribution in [0.1, 0.15) is 13.8 Å². The van der Waals surface area contributed by atoms with Crippen LogP contribution in [0.2, 0.25) is 0 Å². The van der Waals surface area contributed by atoms with Crippen LogP contribution in [-0.2, 0) is 22.7 Å². The summed E-state index contributed by atoms with van der Waals surface area (Å²) in [6.07, 6.45) is 0. The first-order valence-electron chi connectivity index (χ1n) is 4.18. The van der Waals surface area contributed by atoms with Crippen molar-refractivity contribution in [3.8, 4) is 0 Å². The maximum Gasteiger partial charge on any atom is 0.339 e. The minimum absolute atomic E-state index is 0.179. The summed E-state index contributed by atoms with van der Waals surface area (Å²) in [5.41, 5.74) is -0.203. The van der Waals surface area contributed by atoms with Crippen molar-refractivity contribution in [2.45, 2.75) is 19.5 Å². The number of hydrogen-bond donors (Lipinski definition) is 0. The third-order valence-electron chi connectivity index (χ3n) is 2.02. The second kappa shape index (κ2) is 5.43. The lowest BCUT2D eigenvalue weighted by Gasteiger charge is -2.23. The van der Waals surface area contributed by atoms with E-state index in [1.54, 1.807) is 13.8 Å². The highest BCUT2D eigenvalue weighted by Crippen LogP contribution is 2.64. The van der Waals surface area contributed by atoms with E-state index in [0.29, 0.717) is 0 Å². The molecule has 0 spiro atoms. The Morgan fingerprint density at radius 2 is 1.43 bits per heavy atom. The van der Waals surface area contributed by atoms with Crippen molar-refractivity contribution in [2.75, 3.05) is 27.2 Å². The van der Waals surface area contributed by atoms with Gasteiger partial charge < -0.3 is 13.6 Å². The molecule has 0 rings (SSSR count). The molecule has 5 nitrogen and oxygen atoms in total. The Morgan fingerprint density at radius 1 is 1.00 bits per heavy atom. The maximum absolute atomic E-state index is 12.1. The average Bonchev–Trinajstić information content (AvgIpc) is 2.17. The minimum Gasteiger partial charge on any atom is -0.331 e. The highest BCUT2D eigenvalue weighted by Gasteiger charge is 2.37. The van der Waals surface area contributed by atoms with Crippen LogP contribution in [0.15, 0.2) is 0 Å². The smallest absolute Gasteiger partial charge is 0.331 e. The summed E-state index contributed by atoms with van der Waals surface area (Å²) in [6.45, 7) is 3.50. The Bertz CT molecular complexity index is 255. The standard InChI is InChI=1S/C7H18O5P2/c1-7(2)13(8,10-3)6-14(9,11-4)12-5/h7H,6H2,1-5H3. The van der Waals surface area contributed by atoms with Crippen molar-refractivity contribution in [1.29, 1.82) is 0 Å². The van der Waals surface area contributed by atoms with Gasteiger partial charge in [-0.2, -0.15) is 0 Å². The first kappa shape index (κ1) is 14.3. The topological polar surface area (TPSA) is 61.8 Å². The summed E-state index contributed by atoms with van der Waals surface area (Å²) < 4.78 is 38.1. The predicted octanol–water partition coefficient (Wildman–Crippen LogP) is 2.76. The largest absolute Gasteiger partial charge is 0.339 e. The molecule has 0 aromatic carbocycles. The number of rotatable bonds is 6. The molecule has 0 amide bonds. The van der Waals surface area contributed by atoms with E-state index < -0.39 is 15.0 Å². The fraction of sp³-hybridized carbons (Fsp3) is 1.00. The molecule has 0 aliphatic carbocycles. The molecule has 0 aliphatic rings. The Hall–Kier alpha value is 0.340. The van der Waals surface area contributed by atoms with Gasteiger partial charge in [0.05, 0.1) is 0 Å². The zero-order valence-corrected chi connectivity index (χ0v) is 11.0. The molecule has 86 valence electrons. The highest BCUT2D eigenvalue weighted by atomic mass is 31.2. The van der Waals surface area contributed by atoms with Gasteiger partial charge in [-0.05, 0) is 0 Å². The van der Waals surface area contributed by atoms with Gasteiger partial charge in [-0.3, -0.25) is 9.13 Å². The lowest BCUT2D eigenvalue weighted by molar-refractivity contribution is 0.278. The summed E-state index contributed by atoms with van der Waals surface area (Å²) in [5.74, 6) is -0.179. The first-order valence-corrected chi connectivity index (χ1v) is 7.79. The van der Waals surface area contributed by atoms with Crippen molar-refractivity contribution in [2.24, 2.45) is 0 Å². The van der Waals surface area contributed by atoms with Crippen LogP contribution in [0.5, 0.6) is 0 Å². The van der Waals surface area contributed by atoms with E-state index in [4.69, 9.17) is 13.6 Å². The Labute approximate surface area is 85.1 Å². The molecule has 0 heterocycles. The second-order valence-corrected chi connectivity index (χ2v) is 9.05. The quantitative estimate of drug-likeness (QED) is 0.672. The van der Waals surface area contributed by atoms with Crippen LogP contribution in [0, 0.1) is 0 Å². The summed E-state index contributed by atoms with van der Waals surface area (Å²) in [7, 11) is -2.32. The van der Waals surface area contributed by atoms with Crippen LogP contribution in [0.3, 0.4) is 0 Å². The van der Waals surface area contributed by atoms with E-state index in [9.17, 15) is 9.13 Å². The van der Waals surface area contributed by atoms with Crippen LogP contribution in [0.4, 0.5) is 0 Å². The Morgan fingerprint density at radius 3 is 1.64 bits per heavy atom. The molecule has 0 N–H and O–H groups in total. The van der Waals surface area contributed by atoms with Gasteiger partial charge in [-0.25, -0.2) is 0 Å².